The number of amides is 2. The molecule has 0 aliphatic carbocycles. The predicted molar refractivity (Wildman–Crippen MR) is 132 cm³/mol. The number of aromatic amines is 1. The van der Waals surface area contributed by atoms with Crippen LogP contribution in [0.3, 0.4) is 0 Å². The zero-order chi connectivity index (χ0) is 28.5. The van der Waals surface area contributed by atoms with Gasteiger partial charge in [-0.1, -0.05) is 48.0 Å². The zero-order valence-corrected chi connectivity index (χ0v) is 20.3. The van der Waals surface area contributed by atoms with Gasteiger partial charge in [-0.15, -0.1) is 0 Å². The number of hydrogen-bond acceptors (Lipinski definition) is 5. The number of nitrogens with zero attached hydrogens (tertiary/aromatic N) is 2. The molecule has 0 spiro atoms. The van der Waals surface area contributed by atoms with Crippen LogP contribution in [-0.2, 0) is 17.1 Å². The highest BCUT2D eigenvalue weighted by atomic mass is 35.5. The van der Waals surface area contributed by atoms with Crippen LogP contribution in [0.25, 0.3) is 11.0 Å². The van der Waals surface area contributed by atoms with Crippen molar-refractivity contribution in [2.75, 3.05) is 5.32 Å². The largest absolute Gasteiger partial charge is 0.490 e. The number of fused-ring (bicyclic) bond motifs is 2. The van der Waals surface area contributed by atoms with Gasteiger partial charge in [0.15, 0.2) is 5.72 Å². The van der Waals surface area contributed by atoms with E-state index in [4.69, 9.17) is 26.6 Å². The number of aliphatic hydroxyl groups is 1. The molecule has 10 nitrogen and oxygen atoms in total. The van der Waals surface area contributed by atoms with E-state index in [-0.39, 0.29) is 18.4 Å². The van der Waals surface area contributed by atoms with Crippen molar-refractivity contribution in [1.29, 1.82) is 0 Å². The third-order valence-corrected chi connectivity index (χ3v) is 5.99. The average Bonchev–Trinajstić information content (AvgIpc) is 3.35. The normalized spacial score (nSPS) is 16.4. The van der Waals surface area contributed by atoms with Gasteiger partial charge < -0.3 is 20.3 Å². The molecule has 14 heteroatoms. The monoisotopic (exact) mass is 562 g/mol. The molecular weight excluding hydrogens is 545 g/mol. The molecule has 0 radical (unpaired) electrons. The first-order valence-electron chi connectivity index (χ1n) is 11.0. The smallest absolute Gasteiger partial charge is 0.475 e. The molecular formula is C25H18ClF3N4O6. The maximum absolute atomic E-state index is 13.3. The van der Waals surface area contributed by atoms with E-state index in [1.807, 2.05) is 6.07 Å². The number of hydrogen-bond donors (Lipinski definition) is 5. The van der Waals surface area contributed by atoms with Crippen LogP contribution in [0.2, 0.25) is 5.02 Å². The predicted octanol–water partition coefficient (Wildman–Crippen LogP) is 4.79. The second-order valence-corrected chi connectivity index (χ2v) is 8.73. The molecule has 1 aromatic heterocycles. The molecule has 4 aromatic rings. The number of anilines is 1. The maximum atomic E-state index is 13.3. The molecule has 39 heavy (non-hydrogen) atoms. The van der Waals surface area contributed by atoms with Gasteiger partial charge in [0.2, 0.25) is 5.95 Å². The number of imidazole rings is 1. The highest BCUT2D eigenvalue weighted by Crippen LogP contribution is 2.43. The Bertz CT molecular complexity index is 1590. The Morgan fingerprint density at radius 2 is 1.74 bits per heavy atom. The molecule has 5 N–H and O–H groups in total. The summed E-state index contributed by atoms with van der Waals surface area (Å²) in [6, 6.07) is 19.0. The number of carboxylic acids is 1. The molecule has 3 aromatic carbocycles. The van der Waals surface area contributed by atoms with Crippen LogP contribution in [0.15, 0.2) is 66.7 Å². The molecule has 0 saturated carbocycles. The first-order chi connectivity index (χ1) is 18.3. The van der Waals surface area contributed by atoms with Crippen LogP contribution >= 0.6 is 11.6 Å². The number of alkyl halides is 3. The van der Waals surface area contributed by atoms with E-state index in [1.165, 1.54) is 4.90 Å². The number of halogens is 4. The molecule has 2 amide bonds. The Hall–Kier alpha value is -4.62. The SMILES string of the molecule is O=C(O)C(F)(F)F.O=C(O)Nc1nc2cc(C3(O)c4ccccc4C(=O)N3Cc3cccc(Cl)c3)ccc2[nH]1. The zero-order valence-electron chi connectivity index (χ0n) is 19.5. The number of aromatic nitrogens is 2. The third kappa shape index (κ3) is 5.49. The molecule has 1 aliphatic heterocycles. The van der Waals surface area contributed by atoms with Crippen LogP contribution in [0, 0.1) is 0 Å². The van der Waals surface area contributed by atoms with Crippen molar-refractivity contribution in [3.05, 3.63) is 94.0 Å². The van der Waals surface area contributed by atoms with Crippen molar-refractivity contribution in [3.63, 3.8) is 0 Å². The lowest BCUT2D eigenvalue weighted by Gasteiger charge is -2.35. The van der Waals surface area contributed by atoms with Crippen molar-refractivity contribution >= 4 is 46.6 Å². The fourth-order valence-corrected chi connectivity index (χ4v) is 4.32. The maximum Gasteiger partial charge on any atom is 0.490 e. The van der Waals surface area contributed by atoms with Gasteiger partial charge >= 0.3 is 18.2 Å². The summed E-state index contributed by atoms with van der Waals surface area (Å²) < 4.78 is 31.7. The summed E-state index contributed by atoms with van der Waals surface area (Å²) in [5.74, 6) is -3.00. The third-order valence-electron chi connectivity index (χ3n) is 5.75. The lowest BCUT2D eigenvalue weighted by Crippen LogP contribution is -2.44. The van der Waals surface area contributed by atoms with Crippen molar-refractivity contribution in [2.45, 2.75) is 18.4 Å². The van der Waals surface area contributed by atoms with Crippen molar-refractivity contribution in [2.24, 2.45) is 0 Å². The van der Waals surface area contributed by atoms with Crippen LogP contribution in [-0.4, -0.2) is 54.3 Å². The minimum Gasteiger partial charge on any atom is -0.475 e. The van der Waals surface area contributed by atoms with Crippen molar-refractivity contribution in [3.8, 4) is 0 Å². The number of benzene rings is 3. The Balaban J connectivity index is 0.000000448. The number of rotatable bonds is 4. The highest BCUT2D eigenvalue weighted by Gasteiger charge is 2.49. The fourth-order valence-electron chi connectivity index (χ4n) is 4.11. The number of carbonyl (C=O) groups is 3. The van der Waals surface area contributed by atoms with E-state index in [9.17, 15) is 27.9 Å². The molecule has 202 valence electrons. The number of aliphatic carboxylic acids is 1. The highest BCUT2D eigenvalue weighted by molar-refractivity contribution is 6.30. The summed E-state index contributed by atoms with van der Waals surface area (Å²) >= 11 is 6.12. The fraction of sp³-hybridized carbons (Fsp3) is 0.120. The van der Waals surface area contributed by atoms with E-state index >= 15 is 0 Å². The lowest BCUT2D eigenvalue weighted by molar-refractivity contribution is -0.192. The van der Waals surface area contributed by atoms with E-state index < -0.39 is 24.0 Å². The quantitative estimate of drug-likeness (QED) is 0.239. The lowest BCUT2D eigenvalue weighted by atomic mass is 9.93. The Labute approximate surface area is 222 Å². The molecule has 1 aliphatic rings. The van der Waals surface area contributed by atoms with Gasteiger partial charge in [0.25, 0.3) is 5.91 Å². The van der Waals surface area contributed by atoms with Gasteiger partial charge in [0.05, 0.1) is 11.0 Å². The topological polar surface area (TPSA) is 156 Å². The number of nitrogens with one attached hydrogen (secondary N) is 2. The van der Waals surface area contributed by atoms with Crippen molar-refractivity contribution in [1.82, 2.24) is 14.9 Å². The van der Waals surface area contributed by atoms with E-state index in [0.717, 1.165) is 5.56 Å². The van der Waals surface area contributed by atoms with E-state index in [1.54, 1.807) is 60.7 Å². The van der Waals surface area contributed by atoms with Crippen LogP contribution < -0.4 is 5.32 Å². The van der Waals surface area contributed by atoms with Gasteiger partial charge in [0.1, 0.15) is 0 Å². The second-order valence-electron chi connectivity index (χ2n) is 8.29. The summed E-state index contributed by atoms with van der Waals surface area (Å²) in [5.41, 5.74) is 1.35. The molecule has 0 bridgehead atoms. The summed E-state index contributed by atoms with van der Waals surface area (Å²) in [7, 11) is 0. The molecule has 0 fully saturated rings. The van der Waals surface area contributed by atoms with Gasteiger partial charge in [-0.05, 0) is 35.9 Å². The standard InChI is InChI=1S/C23H17ClN4O4.C2HF3O2/c24-15-5-3-4-13(10-15)12-28-20(29)16-6-1-2-7-17(16)23(28,32)14-8-9-18-19(11-14)26-21(25-18)27-22(30)31;3-2(4,5)1(6)7/h1-11,32H,12H2,(H,30,31)(H2,25,26,27);(H,6,7). The second kappa shape index (κ2) is 10.3. The van der Waals surface area contributed by atoms with E-state index in [0.29, 0.717) is 32.7 Å². The molecule has 1 atom stereocenters. The molecule has 1 unspecified atom stereocenters. The average molecular weight is 563 g/mol. The Morgan fingerprint density at radius 3 is 2.38 bits per heavy atom. The molecule has 0 saturated heterocycles. The molecule has 5 rings (SSSR count). The minimum atomic E-state index is -5.08. The van der Waals surface area contributed by atoms with Gasteiger partial charge in [-0.3, -0.25) is 15.0 Å². The first-order valence-corrected chi connectivity index (χ1v) is 11.4. The number of carbonyl (C=O) groups excluding carboxylic acids is 1. The summed E-state index contributed by atoms with van der Waals surface area (Å²) in [6.45, 7) is 0.134. The Kier molecular flexibility index (Phi) is 7.22. The van der Waals surface area contributed by atoms with Crippen molar-refractivity contribution < 1.29 is 42.9 Å². The minimum absolute atomic E-state index is 0.0651. The Morgan fingerprint density at radius 1 is 1.05 bits per heavy atom. The van der Waals surface area contributed by atoms with Gasteiger partial charge in [0, 0.05) is 28.3 Å². The van der Waals surface area contributed by atoms with Crippen LogP contribution in [0.4, 0.5) is 23.9 Å². The number of H-pyrrole nitrogens is 1. The van der Waals surface area contributed by atoms with Gasteiger partial charge in [-0.25, -0.2) is 14.6 Å². The van der Waals surface area contributed by atoms with Crippen LogP contribution in [0.5, 0.6) is 0 Å². The van der Waals surface area contributed by atoms with E-state index in [2.05, 4.69) is 15.3 Å². The molecule has 2 heterocycles. The first kappa shape index (κ1) is 27.4. The van der Waals surface area contributed by atoms with Gasteiger partial charge in [-0.2, -0.15) is 13.2 Å². The summed E-state index contributed by atoms with van der Waals surface area (Å²) in [5, 5.41) is 30.8. The summed E-state index contributed by atoms with van der Waals surface area (Å²) in [4.78, 5) is 41.6. The van der Waals surface area contributed by atoms with Crippen LogP contribution in [0.1, 0.15) is 27.0 Å². The number of carboxylic acid groups (broad SMARTS) is 2. The summed E-state index contributed by atoms with van der Waals surface area (Å²) in [6.07, 6.45) is -6.33.